The molecule has 0 aliphatic carbocycles. The van der Waals surface area contributed by atoms with Crippen LogP contribution < -0.4 is 0 Å². The van der Waals surface area contributed by atoms with Crippen molar-refractivity contribution in [3.05, 3.63) is 34.3 Å². The summed E-state index contributed by atoms with van der Waals surface area (Å²) in [6.07, 6.45) is 1.70. The van der Waals surface area contributed by atoms with Crippen molar-refractivity contribution >= 4 is 21.7 Å². The number of Topliss-reactive ketones (excluding diaryl/α,β-unsaturated/α-hetero) is 1. The maximum absolute atomic E-state index is 11.9. The van der Waals surface area contributed by atoms with Crippen molar-refractivity contribution in [3.63, 3.8) is 0 Å². The molecule has 1 atom stereocenters. The van der Waals surface area contributed by atoms with Crippen molar-refractivity contribution in [2.75, 3.05) is 13.6 Å². The van der Waals surface area contributed by atoms with Crippen molar-refractivity contribution in [2.24, 2.45) is 0 Å². The molecule has 0 fully saturated rings. The first-order valence-electron chi connectivity index (χ1n) is 6.03. The van der Waals surface area contributed by atoms with Crippen molar-refractivity contribution in [1.29, 1.82) is 0 Å². The molecule has 0 aliphatic heterocycles. The van der Waals surface area contributed by atoms with E-state index in [-0.39, 0.29) is 5.78 Å². The molecule has 1 aromatic carbocycles. The monoisotopic (exact) mass is 297 g/mol. The Morgan fingerprint density at radius 3 is 2.47 bits per heavy atom. The first-order chi connectivity index (χ1) is 8.04. The van der Waals surface area contributed by atoms with Crippen LogP contribution in [0.3, 0.4) is 0 Å². The molecule has 0 N–H and O–H groups in total. The van der Waals surface area contributed by atoms with Gasteiger partial charge >= 0.3 is 0 Å². The van der Waals surface area contributed by atoms with Crippen LogP contribution in [0.2, 0.25) is 0 Å². The van der Waals surface area contributed by atoms with Gasteiger partial charge < -0.3 is 4.90 Å². The molecule has 0 amide bonds. The van der Waals surface area contributed by atoms with Crippen LogP contribution in [0.1, 0.15) is 37.0 Å². The fraction of sp³-hybridized carbons (Fsp3) is 0.500. The minimum absolute atomic E-state index is 0.215. The standard InChI is InChI=1S/C14H20BrNO/c1-4-11(2)16(3)10-9-14(17)12-5-7-13(15)8-6-12/h5-8,11H,4,9-10H2,1-3H3. The molecule has 0 saturated carbocycles. The second-order valence-corrected chi connectivity index (χ2v) is 5.33. The highest BCUT2D eigenvalue weighted by atomic mass is 79.9. The van der Waals surface area contributed by atoms with Crippen LogP contribution in [-0.4, -0.2) is 30.3 Å². The van der Waals surface area contributed by atoms with E-state index >= 15 is 0 Å². The number of benzene rings is 1. The zero-order valence-electron chi connectivity index (χ0n) is 10.7. The number of halogens is 1. The molecule has 1 rings (SSSR count). The summed E-state index contributed by atoms with van der Waals surface area (Å²) in [4.78, 5) is 14.2. The molecule has 94 valence electrons. The normalized spacial score (nSPS) is 12.8. The van der Waals surface area contributed by atoms with Gasteiger partial charge in [0.05, 0.1) is 0 Å². The lowest BCUT2D eigenvalue weighted by Gasteiger charge is -2.22. The zero-order valence-corrected chi connectivity index (χ0v) is 12.3. The fourth-order valence-electron chi connectivity index (χ4n) is 1.59. The Bertz CT molecular complexity index is 361. The minimum atomic E-state index is 0.215. The average molecular weight is 298 g/mol. The van der Waals surface area contributed by atoms with Crippen LogP contribution in [0.5, 0.6) is 0 Å². The topological polar surface area (TPSA) is 20.3 Å². The number of carbonyl (C=O) groups excluding carboxylic acids is 1. The molecular formula is C14H20BrNO. The highest BCUT2D eigenvalue weighted by Crippen LogP contribution is 2.12. The van der Waals surface area contributed by atoms with Gasteiger partial charge in [-0.2, -0.15) is 0 Å². The first-order valence-corrected chi connectivity index (χ1v) is 6.83. The van der Waals surface area contributed by atoms with E-state index in [9.17, 15) is 4.79 Å². The van der Waals surface area contributed by atoms with E-state index in [2.05, 4.69) is 41.7 Å². The molecule has 1 unspecified atom stereocenters. The van der Waals surface area contributed by atoms with Gasteiger partial charge in [0.2, 0.25) is 0 Å². The quantitative estimate of drug-likeness (QED) is 0.745. The molecule has 17 heavy (non-hydrogen) atoms. The van der Waals surface area contributed by atoms with Gasteiger partial charge in [-0.25, -0.2) is 0 Å². The first kappa shape index (κ1) is 14.4. The maximum Gasteiger partial charge on any atom is 0.164 e. The van der Waals surface area contributed by atoms with Gasteiger partial charge in [0, 0.05) is 29.0 Å². The molecule has 0 aromatic heterocycles. The lowest BCUT2D eigenvalue weighted by Crippen LogP contribution is -2.30. The number of rotatable bonds is 6. The van der Waals surface area contributed by atoms with Gasteiger partial charge in [0.15, 0.2) is 5.78 Å². The predicted molar refractivity (Wildman–Crippen MR) is 75.5 cm³/mol. The van der Waals surface area contributed by atoms with Gasteiger partial charge in [-0.05, 0) is 32.5 Å². The summed E-state index contributed by atoms with van der Waals surface area (Å²) < 4.78 is 1.01. The summed E-state index contributed by atoms with van der Waals surface area (Å²) in [5.41, 5.74) is 0.797. The number of nitrogens with zero attached hydrogens (tertiary/aromatic N) is 1. The van der Waals surface area contributed by atoms with Crippen LogP contribution in [-0.2, 0) is 0 Å². The fourth-order valence-corrected chi connectivity index (χ4v) is 1.85. The SMILES string of the molecule is CCC(C)N(C)CCC(=O)c1ccc(Br)cc1. The third kappa shape index (κ3) is 4.60. The summed E-state index contributed by atoms with van der Waals surface area (Å²) in [7, 11) is 2.07. The lowest BCUT2D eigenvalue weighted by molar-refractivity contribution is 0.0961. The highest BCUT2D eigenvalue weighted by molar-refractivity contribution is 9.10. The van der Waals surface area contributed by atoms with Gasteiger partial charge in [-0.1, -0.05) is 35.0 Å². The summed E-state index contributed by atoms with van der Waals surface area (Å²) >= 11 is 3.37. The highest BCUT2D eigenvalue weighted by Gasteiger charge is 2.10. The molecule has 0 spiro atoms. The van der Waals surface area contributed by atoms with Crippen molar-refractivity contribution in [3.8, 4) is 0 Å². The van der Waals surface area contributed by atoms with Crippen molar-refractivity contribution in [1.82, 2.24) is 4.90 Å². The van der Waals surface area contributed by atoms with Crippen molar-refractivity contribution in [2.45, 2.75) is 32.7 Å². The average Bonchev–Trinajstić information content (AvgIpc) is 2.35. The third-order valence-corrected chi connectivity index (χ3v) is 3.73. The van der Waals surface area contributed by atoms with Gasteiger partial charge in [-0.3, -0.25) is 4.79 Å². The molecule has 0 aliphatic rings. The van der Waals surface area contributed by atoms with E-state index in [0.717, 1.165) is 23.0 Å². The lowest BCUT2D eigenvalue weighted by atomic mass is 10.1. The molecule has 0 radical (unpaired) electrons. The Kier molecular flexibility index (Phi) is 5.86. The number of carbonyl (C=O) groups is 1. The summed E-state index contributed by atoms with van der Waals surface area (Å²) in [6, 6.07) is 8.09. The zero-order chi connectivity index (χ0) is 12.8. The van der Waals surface area contributed by atoms with E-state index < -0.39 is 0 Å². The number of ketones is 1. The summed E-state index contributed by atoms with van der Waals surface area (Å²) in [6.45, 7) is 5.17. The summed E-state index contributed by atoms with van der Waals surface area (Å²) in [5, 5.41) is 0. The van der Waals surface area contributed by atoms with Crippen LogP contribution in [0.4, 0.5) is 0 Å². The van der Waals surface area contributed by atoms with E-state index in [1.54, 1.807) is 0 Å². The van der Waals surface area contributed by atoms with Crippen molar-refractivity contribution < 1.29 is 4.79 Å². The Morgan fingerprint density at radius 2 is 1.94 bits per heavy atom. The van der Waals surface area contributed by atoms with Crippen LogP contribution in [0.15, 0.2) is 28.7 Å². The molecular weight excluding hydrogens is 278 g/mol. The van der Waals surface area contributed by atoms with Crippen LogP contribution in [0, 0.1) is 0 Å². The van der Waals surface area contributed by atoms with Gasteiger partial charge in [-0.15, -0.1) is 0 Å². The molecule has 1 aromatic rings. The molecule has 3 heteroatoms. The van der Waals surface area contributed by atoms with Crippen LogP contribution >= 0.6 is 15.9 Å². The Labute approximate surface area is 112 Å². The second-order valence-electron chi connectivity index (χ2n) is 4.42. The molecule has 0 heterocycles. The molecule has 0 bridgehead atoms. The Balaban J connectivity index is 2.47. The van der Waals surface area contributed by atoms with E-state index in [4.69, 9.17) is 0 Å². The number of hydrogen-bond acceptors (Lipinski definition) is 2. The second kappa shape index (κ2) is 6.92. The largest absolute Gasteiger partial charge is 0.303 e. The van der Waals surface area contributed by atoms with E-state index in [1.807, 2.05) is 24.3 Å². The molecule has 0 saturated heterocycles. The molecule has 2 nitrogen and oxygen atoms in total. The third-order valence-electron chi connectivity index (χ3n) is 3.20. The van der Waals surface area contributed by atoms with Gasteiger partial charge in [0.25, 0.3) is 0 Å². The summed E-state index contributed by atoms with van der Waals surface area (Å²) in [5.74, 6) is 0.215. The van der Waals surface area contributed by atoms with E-state index in [0.29, 0.717) is 12.5 Å². The van der Waals surface area contributed by atoms with E-state index in [1.165, 1.54) is 0 Å². The van der Waals surface area contributed by atoms with Gasteiger partial charge in [0.1, 0.15) is 0 Å². The predicted octanol–water partition coefficient (Wildman–Crippen LogP) is 3.75. The Morgan fingerprint density at radius 1 is 1.35 bits per heavy atom. The Hall–Kier alpha value is -0.670. The minimum Gasteiger partial charge on any atom is -0.303 e. The number of hydrogen-bond donors (Lipinski definition) is 0. The smallest absolute Gasteiger partial charge is 0.164 e. The van der Waals surface area contributed by atoms with Crippen LogP contribution in [0.25, 0.3) is 0 Å². The maximum atomic E-state index is 11.9.